The molecule has 0 radical (unpaired) electrons. The Bertz CT molecular complexity index is 518. The molecule has 0 saturated heterocycles. The van der Waals surface area contributed by atoms with E-state index in [0.29, 0.717) is 17.4 Å². The lowest BCUT2D eigenvalue weighted by Gasteiger charge is -2.04. The van der Waals surface area contributed by atoms with Crippen LogP contribution in [0.15, 0.2) is 42.5 Å². The van der Waals surface area contributed by atoms with Crippen molar-refractivity contribution in [2.75, 3.05) is 0 Å². The lowest BCUT2D eigenvalue weighted by molar-refractivity contribution is 0.112. The molecule has 2 rings (SSSR count). The quantitative estimate of drug-likeness (QED) is 0.705. The molecule has 0 spiro atoms. The van der Waals surface area contributed by atoms with Crippen LogP contribution < -0.4 is 0 Å². The molecule has 0 aliphatic rings. The highest BCUT2D eigenvalue weighted by Crippen LogP contribution is 2.24. The summed E-state index contributed by atoms with van der Waals surface area (Å²) >= 11 is 0. The molecule has 0 N–H and O–H groups in total. The van der Waals surface area contributed by atoms with Gasteiger partial charge in [-0.2, -0.15) is 0 Å². The Morgan fingerprint density at radius 3 is 2.25 bits per heavy atom. The summed E-state index contributed by atoms with van der Waals surface area (Å²) in [5.74, 6) is -0.959. The molecule has 2 aromatic rings. The van der Waals surface area contributed by atoms with Crippen LogP contribution in [0.2, 0.25) is 0 Å². The van der Waals surface area contributed by atoms with E-state index in [4.69, 9.17) is 0 Å². The Morgan fingerprint density at radius 2 is 1.62 bits per heavy atom. The van der Waals surface area contributed by atoms with E-state index in [1.165, 1.54) is 30.3 Å². The van der Waals surface area contributed by atoms with Crippen LogP contribution in [0.25, 0.3) is 11.1 Å². The molecule has 16 heavy (non-hydrogen) atoms. The molecule has 2 aromatic carbocycles. The first-order valence-corrected chi connectivity index (χ1v) is 4.72. The average Bonchev–Trinajstić information content (AvgIpc) is 2.31. The van der Waals surface area contributed by atoms with Gasteiger partial charge in [0.05, 0.1) is 5.56 Å². The Kier molecular flexibility index (Phi) is 2.77. The van der Waals surface area contributed by atoms with E-state index in [-0.39, 0.29) is 11.4 Å². The molecule has 0 atom stereocenters. The van der Waals surface area contributed by atoms with Crippen LogP contribution in [0.4, 0.5) is 8.78 Å². The molecule has 1 nitrogen and oxygen atoms in total. The maximum atomic E-state index is 13.7. The highest BCUT2D eigenvalue weighted by molar-refractivity contribution is 5.79. The third-order valence-corrected chi connectivity index (χ3v) is 2.31. The number of benzene rings is 2. The molecule has 0 aliphatic carbocycles. The van der Waals surface area contributed by atoms with Crippen LogP contribution in [0, 0.1) is 11.6 Å². The molecular weight excluding hydrogens is 210 g/mol. The zero-order valence-corrected chi connectivity index (χ0v) is 8.28. The van der Waals surface area contributed by atoms with Gasteiger partial charge >= 0.3 is 0 Å². The fourth-order valence-corrected chi connectivity index (χ4v) is 1.49. The van der Waals surface area contributed by atoms with Gasteiger partial charge in [0.25, 0.3) is 0 Å². The van der Waals surface area contributed by atoms with E-state index in [1.807, 2.05) is 0 Å². The molecule has 0 saturated carbocycles. The fraction of sp³-hybridized carbons (Fsp3) is 0. The van der Waals surface area contributed by atoms with Crippen molar-refractivity contribution in [2.24, 2.45) is 0 Å². The second-order valence-electron chi connectivity index (χ2n) is 3.33. The van der Waals surface area contributed by atoms with Gasteiger partial charge in [0, 0.05) is 5.56 Å². The van der Waals surface area contributed by atoms with Gasteiger partial charge < -0.3 is 0 Å². The summed E-state index contributed by atoms with van der Waals surface area (Å²) in [6, 6.07) is 9.99. The third kappa shape index (κ3) is 1.84. The van der Waals surface area contributed by atoms with Gasteiger partial charge in [-0.25, -0.2) is 8.78 Å². The smallest absolute Gasteiger partial charge is 0.153 e. The molecule has 0 fully saturated rings. The number of carbonyl (C=O) groups excluding carboxylic acids is 1. The summed E-state index contributed by atoms with van der Waals surface area (Å²) < 4.78 is 26.4. The molecular formula is C13H8F2O. The predicted molar refractivity (Wildman–Crippen MR) is 57.2 cm³/mol. The molecule has 0 aliphatic heterocycles. The first kappa shape index (κ1) is 10.5. The van der Waals surface area contributed by atoms with Crippen LogP contribution in [0.1, 0.15) is 10.4 Å². The van der Waals surface area contributed by atoms with Crippen molar-refractivity contribution >= 4 is 6.29 Å². The second-order valence-corrected chi connectivity index (χ2v) is 3.33. The summed E-state index contributed by atoms with van der Waals surface area (Å²) in [7, 11) is 0. The average molecular weight is 218 g/mol. The Labute approximate surface area is 91.3 Å². The Hall–Kier alpha value is -2.03. The standard InChI is InChI=1S/C13H8F2O/c14-11-6-4-9(5-7-11)12-3-1-2-10(8-16)13(12)15/h1-8H. The number of aldehydes is 1. The van der Waals surface area contributed by atoms with E-state index in [1.54, 1.807) is 12.1 Å². The zero-order chi connectivity index (χ0) is 11.5. The number of carbonyl (C=O) groups is 1. The van der Waals surface area contributed by atoms with Crippen LogP contribution in [-0.2, 0) is 0 Å². The van der Waals surface area contributed by atoms with Crippen molar-refractivity contribution in [1.29, 1.82) is 0 Å². The summed E-state index contributed by atoms with van der Waals surface area (Å²) in [5.41, 5.74) is 0.842. The molecule has 0 bridgehead atoms. The highest BCUT2D eigenvalue weighted by Gasteiger charge is 2.08. The van der Waals surface area contributed by atoms with Crippen molar-refractivity contribution in [3.05, 3.63) is 59.7 Å². The van der Waals surface area contributed by atoms with E-state index in [0.717, 1.165) is 0 Å². The molecule has 0 amide bonds. The summed E-state index contributed by atoms with van der Waals surface area (Å²) in [6.07, 6.45) is 0.461. The van der Waals surface area contributed by atoms with E-state index in [2.05, 4.69) is 0 Å². The second kappa shape index (κ2) is 4.23. The van der Waals surface area contributed by atoms with Crippen LogP contribution in [0.3, 0.4) is 0 Å². The van der Waals surface area contributed by atoms with Crippen molar-refractivity contribution in [3.8, 4) is 11.1 Å². The number of rotatable bonds is 2. The van der Waals surface area contributed by atoms with Gasteiger partial charge in [-0.1, -0.05) is 24.3 Å². The van der Waals surface area contributed by atoms with Crippen molar-refractivity contribution in [1.82, 2.24) is 0 Å². The number of hydrogen-bond acceptors (Lipinski definition) is 1. The van der Waals surface area contributed by atoms with Crippen LogP contribution in [-0.4, -0.2) is 6.29 Å². The summed E-state index contributed by atoms with van der Waals surface area (Å²) in [4.78, 5) is 10.6. The fourth-order valence-electron chi connectivity index (χ4n) is 1.49. The summed E-state index contributed by atoms with van der Waals surface area (Å²) in [6.45, 7) is 0. The zero-order valence-electron chi connectivity index (χ0n) is 8.28. The maximum Gasteiger partial charge on any atom is 0.153 e. The van der Waals surface area contributed by atoms with E-state index < -0.39 is 5.82 Å². The van der Waals surface area contributed by atoms with Crippen molar-refractivity contribution in [3.63, 3.8) is 0 Å². The van der Waals surface area contributed by atoms with Gasteiger partial charge in [0.1, 0.15) is 11.6 Å². The van der Waals surface area contributed by atoms with Gasteiger partial charge in [-0.05, 0) is 23.8 Å². The van der Waals surface area contributed by atoms with Crippen molar-refractivity contribution in [2.45, 2.75) is 0 Å². The van der Waals surface area contributed by atoms with E-state index in [9.17, 15) is 13.6 Å². The largest absolute Gasteiger partial charge is 0.298 e. The number of hydrogen-bond donors (Lipinski definition) is 0. The monoisotopic (exact) mass is 218 g/mol. The first-order chi connectivity index (χ1) is 7.72. The minimum Gasteiger partial charge on any atom is -0.298 e. The third-order valence-electron chi connectivity index (χ3n) is 2.31. The Morgan fingerprint density at radius 1 is 0.938 bits per heavy atom. The first-order valence-electron chi connectivity index (χ1n) is 4.72. The molecule has 3 heteroatoms. The minimum absolute atomic E-state index is 0.00169. The molecule has 0 heterocycles. The van der Waals surface area contributed by atoms with Gasteiger partial charge in [0.15, 0.2) is 6.29 Å². The Balaban J connectivity index is 2.56. The lowest BCUT2D eigenvalue weighted by atomic mass is 10.0. The minimum atomic E-state index is -0.580. The topological polar surface area (TPSA) is 17.1 Å². The van der Waals surface area contributed by atoms with Crippen LogP contribution in [0.5, 0.6) is 0 Å². The normalized spacial score (nSPS) is 10.1. The van der Waals surface area contributed by atoms with Crippen LogP contribution >= 0.6 is 0 Å². The summed E-state index contributed by atoms with van der Waals surface area (Å²) in [5, 5.41) is 0. The lowest BCUT2D eigenvalue weighted by Crippen LogP contribution is -1.91. The van der Waals surface area contributed by atoms with E-state index >= 15 is 0 Å². The SMILES string of the molecule is O=Cc1cccc(-c2ccc(F)cc2)c1F. The maximum absolute atomic E-state index is 13.7. The molecule has 0 aromatic heterocycles. The highest BCUT2D eigenvalue weighted by atomic mass is 19.1. The predicted octanol–water partition coefficient (Wildman–Crippen LogP) is 3.44. The molecule has 80 valence electrons. The van der Waals surface area contributed by atoms with Gasteiger partial charge in [-0.3, -0.25) is 4.79 Å². The van der Waals surface area contributed by atoms with Gasteiger partial charge in [-0.15, -0.1) is 0 Å². The molecule has 0 unspecified atom stereocenters. The number of halogens is 2. The van der Waals surface area contributed by atoms with Crippen molar-refractivity contribution < 1.29 is 13.6 Å². The van der Waals surface area contributed by atoms with Gasteiger partial charge in [0.2, 0.25) is 0 Å².